The van der Waals surface area contributed by atoms with Crippen LogP contribution < -0.4 is 4.74 Å². The van der Waals surface area contributed by atoms with Crippen LogP contribution >= 0.6 is 0 Å². The van der Waals surface area contributed by atoms with Crippen molar-refractivity contribution < 1.29 is 9.47 Å². The van der Waals surface area contributed by atoms with Gasteiger partial charge in [0.25, 0.3) is 0 Å². The monoisotopic (exact) mass is 383 g/mol. The van der Waals surface area contributed by atoms with Crippen molar-refractivity contribution in [3.8, 4) is 17.1 Å². The maximum atomic E-state index is 6.25. The van der Waals surface area contributed by atoms with Gasteiger partial charge in [-0.15, -0.1) is 0 Å². The van der Waals surface area contributed by atoms with Gasteiger partial charge in [-0.2, -0.15) is 0 Å². The summed E-state index contributed by atoms with van der Waals surface area (Å²) in [4.78, 5) is 11.4. The van der Waals surface area contributed by atoms with E-state index in [4.69, 9.17) is 14.5 Å². The molecule has 2 N–H and O–H groups in total. The van der Waals surface area contributed by atoms with Gasteiger partial charge in [0.1, 0.15) is 12.4 Å². The number of pyridine rings is 1. The lowest BCUT2D eigenvalue weighted by atomic mass is 10.0. The Morgan fingerprint density at radius 2 is 1.76 bits per heavy atom. The van der Waals surface area contributed by atoms with Crippen molar-refractivity contribution in [1.29, 1.82) is 0 Å². The van der Waals surface area contributed by atoms with Gasteiger partial charge in [-0.3, -0.25) is 4.98 Å². The van der Waals surface area contributed by atoms with Crippen LogP contribution in [0, 0.1) is 0 Å². The quantitative estimate of drug-likeness (QED) is 0.411. The number of nitrogens with zero attached hydrogens (tertiary/aromatic N) is 1. The van der Waals surface area contributed by atoms with Crippen LogP contribution in [0.4, 0.5) is 0 Å². The fraction of sp³-hybridized carbons (Fsp3) is 0.125. The van der Waals surface area contributed by atoms with E-state index in [0.717, 1.165) is 50.1 Å². The Morgan fingerprint density at radius 1 is 0.862 bits per heavy atom. The lowest BCUT2D eigenvalue weighted by molar-refractivity contribution is 0.186. The van der Waals surface area contributed by atoms with Gasteiger partial charge in [0.15, 0.2) is 0 Å². The van der Waals surface area contributed by atoms with Crippen LogP contribution in [0.15, 0.2) is 73.1 Å². The summed E-state index contributed by atoms with van der Waals surface area (Å²) in [6, 6.07) is 20.3. The van der Waals surface area contributed by atoms with Gasteiger partial charge in [-0.25, -0.2) is 0 Å². The second-order valence-corrected chi connectivity index (χ2v) is 6.97. The highest BCUT2D eigenvalue weighted by Crippen LogP contribution is 2.38. The molecule has 0 fully saturated rings. The SMILES string of the molecule is COCc1c(-c2ccc[nH]2)ncc2[nH]c3cccc(OCc4ccccc4)c3c12. The molecule has 29 heavy (non-hydrogen) atoms. The number of aromatic amines is 2. The van der Waals surface area contributed by atoms with Gasteiger partial charge in [0.2, 0.25) is 0 Å². The standard InChI is InChI=1S/C24H21N3O2/c1-28-15-17-22-20(13-26-24(17)19-10-6-12-25-19)27-18-9-5-11-21(23(18)22)29-14-16-7-3-2-4-8-16/h2-13,25,27H,14-15H2,1H3. The second kappa shape index (κ2) is 7.45. The van der Waals surface area contributed by atoms with E-state index in [0.29, 0.717) is 13.2 Å². The summed E-state index contributed by atoms with van der Waals surface area (Å²) in [5.41, 5.74) is 6.02. The Hall–Kier alpha value is -3.57. The molecule has 0 saturated carbocycles. The minimum Gasteiger partial charge on any atom is -0.488 e. The molecule has 5 nitrogen and oxygen atoms in total. The average Bonchev–Trinajstić information content (AvgIpc) is 3.41. The van der Waals surface area contributed by atoms with Gasteiger partial charge in [-0.1, -0.05) is 36.4 Å². The molecule has 0 radical (unpaired) electrons. The number of fused-ring (bicyclic) bond motifs is 3. The summed E-state index contributed by atoms with van der Waals surface area (Å²) in [6.07, 6.45) is 3.78. The minimum absolute atomic E-state index is 0.457. The normalized spacial score (nSPS) is 11.3. The summed E-state index contributed by atoms with van der Waals surface area (Å²) in [6.45, 7) is 0.972. The number of methoxy groups -OCH3 is 1. The van der Waals surface area contributed by atoms with Crippen LogP contribution in [0.25, 0.3) is 33.2 Å². The highest BCUT2D eigenvalue weighted by molar-refractivity contribution is 6.12. The Kier molecular flexibility index (Phi) is 4.50. The summed E-state index contributed by atoms with van der Waals surface area (Å²) < 4.78 is 11.8. The lowest BCUT2D eigenvalue weighted by Crippen LogP contribution is -1.98. The van der Waals surface area contributed by atoms with E-state index in [1.165, 1.54) is 0 Å². The lowest BCUT2D eigenvalue weighted by Gasteiger charge is -2.11. The van der Waals surface area contributed by atoms with Gasteiger partial charge >= 0.3 is 0 Å². The van der Waals surface area contributed by atoms with E-state index in [9.17, 15) is 0 Å². The molecular weight excluding hydrogens is 362 g/mol. The molecule has 0 saturated heterocycles. The number of ether oxygens (including phenoxy) is 2. The predicted octanol–water partition coefficient (Wildman–Crippen LogP) is 5.44. The average molecular weight is 383 g/mol. The molecule has 2 aromatic carbocycles. The van der Waals surface area contributed by atoms with Gasteiger partial charge < -0.3 is 19.4 Å². The fourth-order valence-electron chi connectivity index (χ4n) is 3.82. The van der Waals surface area contributed by atoms with Crippen molar-refractivity contribution in [3.05, 3.63) is 84.2 Å². The first-order valence-corrected chi connectivity index (χ1v) is 9.57. The summed E-state index contributed by atoms with van der Waals surface area (Å²) in [5, 5.41) is 2.14. The van der Waals surface area contributed by atoms with Crippen molar-refractivity contribution in [1.82, 2.24) is 15.0 Å². The van der Waals surface area contributed by atoms with E-state index in [-0.39, 0.29) is 0 Å². The Morgan fingerprint density at radius 3 is 2.55 bits per heavy atom. The molecule has 0 aliphatic heterocycles. The molecule has 0 aliphatic rings. The number of hydrogen-bond donors (Lipinski definition) is 2. The molecule has 0 aliphatic carbocycles. The number of rotatable bonds is 6. The van der Waals surface area contributed by atoms with Crippen LogP contribution in [0.5, 0.6) is 5.75 Å². The smallest absolute Gasteiger partial charge is 0.129 e. The molecule has 3 heterocycles. The third kappa shape index (κ3) is 3.15. The first kappa shape index (κ1) is 17.5. The van der Waals surface area contributed by atoms with E-state index in [2.05, 4.69) is 28.2 Å². The van der Waals surface area contributed by atoms with Crippen molar-refractivity contribution in [2.45, 2.75) is 13.2 Å². The highest BCUT2D eigenvalue weighted by atomic mass is 16.5. The molecule has 0 bridgehead atoms. The number of nitrogens with one attached hydrogen (secondary N) is 2. The van der Waals surface area contributed by atoms with Crippen LogP contribution in [0.1, 0.15) is 11.1 Å². The summed E-state index contributed by atoms with van der Waals surface area (Å²) in [5.74, 6) is 0.846. The molecule has 0 unspecified atom stereocenters. The van der Waals surface area contributed by atoms with E-state index >= 15 is 0 Å². The number of H-pyrrole nitrogens is 2. The molecule has 0 atom stereocenters. The zero-order valence-corrected chi connectivity index (χ0v) is 16.1. The van der Waals surface area contributed by atoms with Gasteiger partial charge in [-0.05, 0) is 29.8 Å². The van der Waals surface area contributed by atoms with Crippen molar-refractivity contribution in [2.75, 3.05) is 7.11 Å². The number of hydrogen-bond acceptors (Lipinski definition) is 3. The highest BCUT2D eigenvalue weighted by Gasteiger charge is 2.18. The molecule has 3 aromatic heterocycles. The van der Waals surface area contributed by atoms with Crippen LogP contribution in [-0.2, 0) is 18.0 Å². The van der Waals surface area contributed by atoms with Crippen LogP contribution in [0.2, 0.25) is 0 Å². The number of aromatic nitrogens is 3. The van der Waals surface area contributed by atoms with E-state index < -0.39 is 0 Å². The maximum absolute atomic E-state index is 6.25. The molecule has 144 valence electrons. The van der Waals surface area contributed by atoms with Crippen molar-refractivity contribution in [2.24, 2.45) is 0 Å². The van der Waals surface area contributed by atoms with Crippen LogP contribution in [0.3, 0.4) is 0 Å². The first-order chi connectivity index (χ1) is 14.3. The molecule has 5 aromatic rings. The topological polar surface area (TPSA) is 62.9 Å². The largest absolute Gasteiger partial charge is 0.488 e. The Bertz CT molecular complexity index is 1260. The van der Waals surface area contributed by atoms with Gasteiger partial charge in [0.05, 0.1) is 35.2 Å². The predicted molar refractivity (Wildman–Crippen MR) is 115 cm³/mol. The van der Waals surface area contributed by atoms with Crippen LogP contribution in [-0.4, -0.2) is 22.1 Å². The summed E-state index contributed by atoms with van der Waals surface area (Å²) >= 11 is 0. The second-order valence-electron chi connectivity index (χ2n) is 6.97. The zero-order chi connectivity index (χ0) is 19.6. The molecular formula is C24H21N3O2. The van der Waals surface area contributed by atoms with E-state index in [1.54, 1.807) is 7.11 Å². The maximum Gasteiger partial charge on any atom is 0.129 e. The Balaban J connectivity index is 1.70. The third-order valence-electron chi connectivity index (χ3n) is 5.10. The first-order valence-electron chi connectivity index (χ1n) is 9.57. The summed E-state index contributed by atoms with van der Waals surface area (Å²) in [7, 11) is 1.71. The molecule has 5 heteroatoms. The Labute approximate surface area is 168 Å². The fourth-order valence-corrected chi connectivity index (χ4v) is 3.82. The third-order valence-corrected chi connectivity index (χ3v) is 5.10. The molecule has 0 spiro atoms. The van der Waals surface area contributed by atoms with Gasteiger partial charge in [0, 0.05) is 29.6 Å². The van der Waals surface area contributed by atoms with Crippen molar-refractivity contribution >= 4 is 21.8 Å². The zero-order valence-electron chi connectivity index (χ0n) is 16.1. The number of benzene rings is 2. The molecule has 0 amide bonds. The van der Waals surface area contributed by atoms with E-state index in [1.807, 2.05) is 54.9 Å². The minimum atomic E-state index is 0.457. The van der Waals surface area contributed by atoms with Crippen molar-refractivity contribution in [3.63, 3.8) is 0 Å². The molecule has 5 rings (SSSR count).